The number of ether oxygens (including phenoxy) is 2. The summed E-state index contributed by atoms with van der Waals surface area (Å²) in [6.45, 7) is 16.2. The Morgan fingerprint density at radius 2 is 1.84 bits per heavy atom. The predicted molar refractivity (Wildman–Crippen MR) is 128 cm³/mol. The summed E-state index contributed by atoms with van der Waals surface area (Å²) in [5.74, 6) is 2.28. The summed E-state index contributed by atoms with van der Waals surface area (Å²) in [5.41, 5.74) is 0.607. The molecule has 0 aromatic rings. The number of hydrogen-bond donors (Lipinski definition) is 0. The molecule has 3 saturated carbocycles. The maximum atomic E-state index is 13.1. The van der Waals surface area contributed by atoms with Gasteiger partial charge in [-0.2, -0.15) is 0 Å². The van der Waals surface area contributed by atoms with Crippen molar-refractivity contribution in [2.75, 3.05) is 0 Å². The lowest BCUT2D eigenvalue weighted by molar-refractivity contribution is -0.169. The molecule has 7 atom stereocenters. The fraction of sp³-hybridized carbons (Fsp3) is 0.786. The molecule has 0 aliphatic heterocycles. The highest BCUT2D eigenvalue weighted by Gasteiger charge is 2.56. The third-order valence-electron chi connectivity index (χ3n) is 8.65. The fourth-order valence-electron chi connectivity index (χ4n) is 6.57. The highest BCUT2D eigenvalue weighted by atomic mass is 16.6. The minimum atomic E-state index is -0.341. The fourth-order valence-corrected chi connectivity index (χ4v) is 6.57. The molecule has 0 heterocycles. The van der Waals surface area contributed by atoms with E-state index in [-0.39, 0.29) is 23.6 Å². The number of hydrogen-bond acceptors (Lipinski definition) is 4. The maximum absolute atomic E-state index is 13.1. The summed E-state index contributed by atoms with van der Waals surface area (Å²) < 4.78 is 12.0. The van der Waals surface area contributed by atoms with E-state index in [0.29, 0.717) is 47.7 Å². The second-order valence-corrected chi connectivity index (χ2v) is 11.2. The van der Waals surface area contributed by atoms with Crippen molar-refractivity contribution in [2.24, 2.45) is 29.6 Å². The molecule has 4 heteroatoms. The number of carbonyl (C=O) groups is 2. The summed E-state index contributed by atoms with van der Waals surface area (Å²) in [6.07, 6.45) is 11.0. The summed E-state index contributed by atoms with van der Waals surface area (Å²) in [7, 11) is 0. The molecular weight excluding hydrogens is 400 g/mol. The summed E-state index contributed by atoms with van der Waals surface area (Å²) >= 11 is 0. The van der Waals surface area contributed by atoms with Crippen LogP contribution in [0.15, 0.2) is 24.3 Å². The summed E-state index contributed by atoms with van der Waals surface area (Å²) in [5, 5.41) is 0. The third kappa shape index (κ3) is 5.66. The molecule has 0 N–H and O–H groups in total. The van der Waals surface area contributed by atoms with Gasteiger partial charge in [-0.3, -0.25) is 0 Å². The van der Waals surface area contributed by atoms with Gasteiger partial charge >= 0.3 is 11.9 Å². The Morgan fingerprint density at radius 1 is 1.09 bits per heavy atom. The standard InChI is InChI=1S/C28H44O4/c1-7-21(6)28(17-23-11-12-24(28)15-23)32-27(30)20(5)9-13-25(31-26(29)18(2)3)16-22-10-8-19(4)14-22/h19,21-25H,2,5,7-17H2,1,3-4,6H3/t19?,21?,22?,23?,24-,25?,28?/m1/s1. The van der Waals surface area contributed by atoms with E-state index in [4.69, 9.17) is 9.47 Å². The average molecular weight is 445 g/mol. The van der Waals surface area contributed by atoms with Gasteiger partial charge in [-0.1, -0.05) is 46.8 Å². The number of carbonyl (C=O) groups excluding carboxylic acids is 2. The highest BCUT2D eigenvalue weighted by Crippen LogP contribution is 2.56. The van der Waals surface area contributed by atoms with Crippen molar-refractivity contribution in [3.05, 3.63) is 24.3 Å². The topological polar surface area (TPSA) is 52.6 Å². The molecule has 3 aliphatic carbocycles. The van der Waals surface area contributed by atoms with Crippen molar-refractivity contribution < 1.29 is 19.1 Å². The van der Waals surface area contributed by atoms with Crippen molar-refractivity contribution in [3.63, 3.8) is 0 Å². The van der Waals surface area contributed by atoms with Crippen LogP contribution >= 0.6 is 0 Å². The Hall–Kier alpha value is -1.58. The smallest absolute Gasteiger partial charge is 0.333 e. The second-order valence-electron chi connectivity index (χ2n) is 11.2. The third-order valence-corrected chi connectivity index (χ3v) is 8.65. The van der Waals surface area contributed by atoms with Crippen molar-refractivity contribution >= 4 is 11.9 Å². The molecule has 0 saturated heterocycles. The van der Waals surface area contributed by atoms with Crippen LogP contribution in [0.1, 0.15) is 98.3 Å². The molecule has 0 spiro atoms. The van der Waals surface area contributed by atoms with Gasteiger partial charge in [-0.05, 0) is 94.3 Å². The Balaban J connectivity index is 1.58. The Morgan fingerprint density at radius 3 is 2.38 bits per heavy atom. The first-order valence-electron chi connectivity index (χ1n) is 12.9. The maximum Gasteiger partial charge on any atom is 0.333 e. The van der Waals surface area contributed by atoms with Crippen molar-refractivity contribution in [2.45, 2.75) is 110 Å². The number of esters is 2. The Labute approximate surface area is 195 Å². The summed E-state index contributed by atoms with van der Waals surface area (Å²) in [6, 6.07) is 0. The van der Waals surface area contributed by atoms with E-state index in [1.54, 1.807) is 6.92 Å². The van der Waals surface area contributed by atoms with Crippen molar-refractivity contribution in [1.29, 1.82) is 0 Å². The van der Waals surface area contributed by atoms with Gasteiger partial charge in [0, 0.05) is 11.1 Å². The largest absolute Gasteiger partial charge is 0.459 e. The van der Waals surface area contributed by atoms with E-state index in [9.17, 15) is 9.59 Å². The molecule has 0 amide bonds. The molecule has 3 fully saturated rings. The number of rotatable bonds is 11. The molecule has 0 radical (unpaired) electrons. The molecule has 180 valence electrons. The van der Waals surface area contributed by atoms with Crippen molar-refractivity contribution in [3.8, 4) is 0 Å². The minimum absolute atomic E-state index is 0.204. The monoisotopic (exact) mass is 444 g/mol. The second kappa shape index (κ2) is 10.6. The van der Waals surface area contributed by atoms with E-state index in [0.717, 1.165) is 25.2 Å². The van der Waals surface area contributed by atoms with Gasteiger partial charge < -0.3 is 9.47 Å². The molecular formula is C28H44O4. The van der Waals surface area contributed by atoms with Crippen LogP contribution in [-0.4, -0.2) is 23.6 Å². The van der Waals surface area contributed by atoms with Crippen LogP contribution in [-0.2, 0) is 19.1 Å². The van der Waals surface area contributed by atoms with Crippen LogP contribution in [0.3, 0.4) is 0 Å². The first-order valence-corrected chi connectivity index (χ1v) is 12.9. The Bertz CT molecular complexity index is 725. The van der Waals surface area contributed by atoms with Gasteiger partial charge in [-0.15, -0.1) is 0 Å². The van der Waals surface area contributed by atoms with Crippen LogP contribution in [0.4, 0.5) is 0 Å². The van der Waals surface area contributed by atoms with Crippen molar-refractivity contribution in [1.82, 2.24) is 0 Å². The number of fused-ring (bicyclic) bond motifs is 2. The minimum Gasteiger partial charge on any atom is -0.459 e. The first kappa shape index (κ1) is 25.1. The molecule has 0 aromatic heterocycles. The van der Waals surface area contributed by atoms with Crippen LogP contribution in [0, 0.1) is 29.6 Å². The van der Waals surface area contributed by atoms with Gasteiger partial charge in [0.2, 0.25) is 0 Å². The molecule has 32 heavy (non-hydrogen) atoms. The van der Waals surface area contributed by atoms with Gasteiger partial charge in [0.15, 0.2) is 0 Å². The van der Waals surface area contributed by atoms with Gasteiger partial charge in [0.25, 0.3) is 0 Å². The normalized spacial score (nSPS) is 33.0. The lowest BCUT2D eigenvalue weighted by atomic mass is 9.74. The van der Waals surface area contributed by atoms with Crippen LogP contribution in [0.25, 0.3) is 0 Å². The van der Waals surface area contributed by atoms with Crippen LogP contribution in [0.5, 0.6) is 0 Å². The zero-order chi connectivity index (χ0) is 23.5. The predicted octanol–water partition coefficient (Wildman–Crippen LogP) is 6.79. The lowest BCUT2D eigenvalue weighted by Crippen LogP contribution is -2.46. The molecule has 3 aliphatic rings. The molecule has 3 rings (SSSR count). The SMILES string of the molecule is C=C(C)C(=O)OC(CCC(=C)C(=O)OC1(C(C)CC)CC2CC[C@@H]1C2)CC1CCC(C)C1. The van der Waals surface area contributed by atoms with Gasteiger partial charge in [0.1, 0.15) is 11.7 Å². The van der Waals surface area contributed by atoms with Crippen LogP contribution < -0.4 is 0 Å². The van der Waals surface area contributed by atoms with Crippen LogP contribution in [0.2, 0.25) is 0 Å². The van der Waals surface area contributed by atoms with Gasteiger partial charge in [0.05, 0.1) is 0 Å². The zero-order valence-corrected chi connectivity index (χ0v) is 20.8. The van der Waals surface area contributed by atoms with E-state index in [1.165, 1.54) is 38.5 Å². The summed E-state index contributed by atoms with van der Waals surface area (Å²) in [4.78, 5) is 25.3. The first-order chi connectivity index (χ1) is 15.1. The molecule has 6 unspecified atom stereocenters. The molecule has 0 aromatic carbocycles. The van der Waals surface area contributed by atoms with E-state index < -0.39 is 0 Å². The van der Waals surface area contributed by atoms with E-state index in [2.05, 4.69) is 33.9 Å². The molecule has 2 bridgehead atoms. The van der Waals surface area contributed by atoms with E-state index in [1.807, 2.05) is 0 Å². The lowest BCUT2D eigenvalue weighted by Gasteiger charge is -2.42. The quantitative estimate of drug-likeness (QED) is 0.260. The zero-order valence-electron chi connectivity index (χ0n) is 20.8. The highest BCUT2D eigenvalue weighted by molar-refractivity contribution is 5.88. The molecule has 4 nitrogen and oxygen atoms in total. The van der Waals surface area contributed by atoms with Gasteiger partial charge in [-0.25, -0.2) is 9.59 Å². The Kier molecular flexibility index (Phi) is 8.27. The average Bonchev–Trinajstić information content (AvgIpc) is 3.47. The van der Waals surface area contributed by atoms with E-state index >= 15 is 0 Å².